The molecule has 10 nitrogen and oxygen atoms in total. The summed E-state index contributed by atoms with van der Waals surface area (Å²) in [5.74, 6) is 1.33. The number of methoxy groups -OCH3 is 1. The zero-order chi connectivity index (χ0) is 30.4. The van der Waals surface area contributed by atoms with E-state index in [9.17, 15) is 18.0 Å². The third-order valence-electron chi connectivity index (χ3n) is 6.57. The summed E-state index contributed by atoms with van der Waals surface area (Å²) in [5.41, 5.74) is 1.22. The molecule has 0 unspecified atom stereocenters. The van der Waals surface area contributed by atoms with Gasteiger partial charge >= 0.3 is 12.4 Å². The Labute approximate surface area is 245 Å². The van der Waals surface area contributed by atoms with Gasteiger partial charge in [0.2, 0.25) is 5.88 Å². The van der Waals surface area contributed by atoms with Crippen LogP contribution in [-0.4, -0.2) is 60.7 Å². The normalized spacial score (nSPS) is 16.0. The van der Waals surface area contributed by atoms with E-state index in [-0.39, 0.29) is 17.9 Å². The molecule has 0 bridgehead atoms. The Morgan fingerprint density at radius 3 is 2.58 bits per heavy atom. The zero-order valence-corrected chi connectivity index (χ0v) is 23.5. The predicted octanol–water partition coefficient (Wildman–Crippen LogP) is 5.92. The van der Waals surface area contributed by atoms with Crippen LogP contribution in [0.25, 0.3) is 10.8 Å². The van der Waals surface area contributed by atoms with Crippen molar-refractivity contribution in [3.05, 3.63) is 89.4 Å². The summed E-state index contributed by atoms with van der Waals surface area (Å²) in [6.07, 6.45) is -1.02. The fraction of sp³-hybridized carbons (Fsp3) is 0.300. The average molecular weight is 598 g/mol. The Kier molecular flexibility index (Phi) is 9.12. The third-order valence-corrected chi connectivity index (χ3v) is 6.57. The van der Waals surface area contributed by atoms with Gasteiger partial charge in [-0.3, -0.25) is 4.90 Å². The quantitative estimate of drug-likeness (QED) is 0.330. The molecule has 1 aliphatic heterocycles. The molecule has 13 heteroatoms. The van der Waals surface area contributed by atoms with Crippen LogP contribution in [0.15, 0.2) is 77.9 Å². The van der Waals surface area contributed by atoms with Crippen molar-refractivity contribution in [1.29, 1.82) is 0 Å². The zero-order valence-electron chi connectivity index (χ0n) is 23.5. The molecular weight excluding hydrogens is 567 g/mol. The molecule has 2 aliphatic rings. The number of nitrogens with zero attached hydrogens (tertiary/aromatic N) is 3. The first-order valence-corrected chi connectivity index (χ1v) is 13.5. The van der Waals surface area contributed by atoms with Gasteiger partial charge < -0.3 is 29.6 Å². The van der Waals surface area contributed by atoms with Crippen molar-refractivity contribution in [1.82, 2.24) is 20.2 Å². The third kappa shape index (κ3) is 8.02. The molecule has 0 atom stereocenters. The molecule has 226 valence electrons. The maximum Gasteiger partial charge on any atom is 0.572 e. The fourth-order valence-corrected chi connectivity index (χ4v) is 4.70. The number of nitrogens with one attached hydrogen (secondary N) is 2. The summed E-state index contributed by atoms with van der Waals surface area (Å²) in [4.78, 5) is 24.4. The first kappa shape index (κ1) is 29.9. The molecule has 1 saturated heterocycles. The Balaban J connectivity index is 1.35. The lowest BCUT2D eigenvalue weighted by atomic mass is 10.1. The summed E-state index contributed by atoms with van der Waals surface area (Å²) in [7, 11) is 1.35. The number of hydrogen-bond donors (Lipinski definition) is 2. The number of rotatable bonds is 8. The van der Waals surface area contributed by atoms with Crippen LogP contribution in [0.3, 0.4) is 0 Å². The number of hydrogen-bond acceptors (Lipinski definition) is 8. The maximum atomic E-state index is 13.0. The van der Waals surface area contributed by atoms with Crippen LogP contribution >= 0.6 is 0 Å². The monoisotopic (exact) mass is 597 g/mol. The fourth-order valence-electron chi connectivity index (χ4n) is 4.70. The topological polar surface area (TPSA) is 107 Å². The van der Waals surface area contributed by atoms with E-state index in [0.29, 0.717) is 53.7 Å². The summed E-state index contributed by atoms with van der Waals surface area (Å²) >= 11 is 0. The average Bonchev–Trinajstić information content (AvgIpc) is 3.14. The highest BCUT2D eigenvalue weighted by atomic mass is 19.4. The second-order valence-electron chi connectivity index (χ2n) is 9.74. The molecule has 2 amide bonds. The van der Waals surface area contributed by atoms with Crippen molar-refractivity contribution in [2.24, 2.45) is 0 Å². The number of benzene rings is 2. The summed E-state index contributed by atoms with van der Waals surface area (Å²) in [6, 6.07) is 11.8. The minimum absolute atomic E-state index is 0.00396. The molecule has 5 rings (SSSR count). The molecular formula is C30H30F3N5O5. The van der Waals surface area contributed by atoms with E-state index in [2.05, 4.69) is 30.2 Å². The van der Waals surface area contributed by atoms with Gasteiger partial charge in [0.15, 0.2) is 0 Å². The van der Waals surface area contributed by atoms with Gasteiger partial charge in [-0.2, -0.15) is 4.98 Å². The molecule has 2 heterocycles. The molecule has 1 aromatic heterocycles. The van der Waals surface area contributed by atoms with E-state index in [1.54, 1.807) is 18.2 Å². The van der Waals surface area contributed by atoms with Gasteiger partial charge in [0.1, 0.15) is 23.1 Å². The van der Waals surface area contributed by atoms with Gasteiger partial charge in [0, 0.05) is 48.1 Å². The van der Waals surface area contributed by atoms with E-state index < -0.39 is 18.2 Å². The van der Waals surface area contributed by atoms with E-state index in [1.165, 1.54) is 19.3 Å². The number of halogens is 3. The number of ether oxygens (including phenoxy) is 4. The van der Waals surface area contributed by atoms with Crippen LogP contribution in [0.2, 0.25) is 0 Å². The number of allylic oxidation sites excluding steroid dienone is 3. The lowest BCUT2D eigenvalue weighted by Gasteiger charge is -2.25. The minimum Gasteiger partial charge on any atom is -0.495 e. The number of aromatic nitrogens is 2. The molecule has 3 aromatic rings. The Hall–Kier alpha value is -4.62. The number of carbonyl (C=O) groups is 1. The highest BCUT2D eigenvalue weighted by Gasteiger charge is 2.32. The number of amides is 2. The van der Waals surface area contributed by atoms with Crippen LogP contribution in [0.1, 0.15) is 17.9 Å². The van der Waals surface area contributed by atoms with Crippen LogP contribution in [0.5, 0.6) is 11.6 Å². The molecule has 1 aliphatic carbocycles. The molecule has 0 radical (unpaired) electrons. The van der Waals surface area contributed by atoms with Gasteiger partial charge in [-0.05, 0) is 25.1 Å². The van der Waals surface area contributed by atoms with Crippen molar-refractivity contribution in [2.75, 3.05) is 38.7 Å². The first-order valence-electron chi connectivity index (χ1n) is 13.5. The number of fused-ring (bicyclic) bond motifs is 1. The molecule has 0 saturated carbocycles. The molecule has 0 spiro atoms. The number of anilines is 1. The van der Waals surface area contributed by atoms with Gasteiger partial charge in [0.05, 0.1) is 38.3 Å². The summed E-state index contributed by atoms with van der Waals surface area (Å²) in [5, 5.41) is 6.70. The van der Waals surface area contributed by atoms with Gasteiger partial charge in [0.25, 0.3) is 0 Å². The number of urea groups is 1. The summed E-state index contributed by atoms with van der Waals surface area (Å²) < 4.78 is 59.4. The maximum absolute atomic E-state index is 13.0. The van der Waals surface area contributed by atoms with Crippen molar-refractivity contribution >= 4 is 22.5 Å². The second kappa shape index (κ2) is 13.1. The number of carbonyl (C=O) groups excluding carboxylic acids is 1. The molecule has 2 aromatic carbocycles. The highest BCUT2D eigenvalue weighted by Crippen LogP contribution is 2.34. The number of alkyl halides is 3. The lowest BCUT2D eigenvalue weighted by molar-refractivity contribution is -0.306. The van der Waals surface area contributed by atoms with Crippen LogP contribution in [0.4, 0.5) is 23.7 Å². The second-order valence-corrected chi connectivity index (χ2v) is 9.74. The SMILES string of the molecule is COC1=C(NC(=O)Nc2ccc(Oc3cc(C)nc(CN4CCOCC4)n3)c3ccccc23)C=C(OC(F)(F)F)CC=C1. The molecule has 2 N–H and O–H groups in total. The Morgan fingerprint density at radius 2 is 1.84 bits per heavy atom. The van der Waals surface area contributed by atoms with Gasteiger partial charge in [-0.15, -0.1) is 13.2 Å². The van der Waals surface area contributed by atoms with E-state index >= 15 is 0 Å². The van der Waals surface area contributed by atoms with Crippen molar-refractivity contribution in [3.8, 4) is 11.6 Å². The highest BCUT2D eigenvalue weighted by molar-refractivity contribution is 6.04. The first-order chi connectivity index (χ1) is 20.7. The Bertz CT molecular complexity index is 1580. The number of morpholine rings is 1. The van der Waals surface area contributed by atoms with Crippen LogP contribution < -0.4 is 15.4 Å². The van der Waals surface area contributed by atoms with E-state index in [4.69, 9.17) is 14.2 Å². The van der Waals surface area contributed by atoms with Crippen molar-refractivity contribution in [2.45, 2.75) is 26.3 Å². The number of aryl methyl sites for hydroxylation is 1. The molecule has 1 fully saturated rings. The minimum atomic E-state index is -4.87. The van der Waals surface area contributed by atoms with Crippen LogP contribution in [0, 0.1) is 6.92 Å². The predicted molar refractivity (Wildman–Crippen MR) is 152 cm³/mol. The lowest BCUT2D eigenvalue weighted by Crippen LogP contribution is -2.36. The van der Waals surface area contributed by atoms with E-state index in [0.717, 1.165) is 24.9 Å². The van der Waals surface area contributed by atoms with Crippen molar-refractivity contribution in [3.63, 3.8) is 0 Å². The van der Waals surface area contributed by atoms with Crippen LogP contribution in [-0.2, 0) is 20.8 Å². The molecule has 43 heavy (non-hydrogen) atoms. The van der Waals surface area contributed by atoms with Gasteiger partial charge in [-0.25, -0.2) is 9.78 Å². The van der Waals surface area contributed by atoms with Gasteiger partial charge in [-0.1, -0.05) is 30.3 Å². The smallest absolute Gasteiger partial charge is 0.495 e. The summed E-state index contributed by atoms with van der Waals surface area (Å²) in [6.45, 7) is 5.41. The van der Waals surface area contributed by atoms with E-state index in [1.807, 2.05) is 31.2 Å². The standard InChI is InChI=1S/C30H30F3N5O5/c1-19-16-28(37-27(34-19)18-38-12-14-41-15-13-38)42-25-11-10-23(21-7-3-4-8-22(21)25)35-29(39)36-24-17-20(43-30(31,32)33)6-5-9-26(24)40-2/h3-5,7-11,16-17H,6,12-15,18H2,1-2H3,(H2,35,36,39). The Morgan fingerprint density at radius 1 is 1.07 bits per heavy atom. The van der Waals surface area contributed by atoms with Crippen molar-refractivity contribution < 1.29 is 36.9 Å². The largest absolute Gasteiger partial charge is 0.572 e.